The predicted molar refractivity (Wildman–Crippen MR) is 75.7 cm³/mol. The van der Waals surface area contributed by atoms with Crippen molar-refractivity contribution in [2.24, 2.45) is 11.8 Å². The van der Waals surface area contributed by atoms with Crippen LogP contribution in [0.25, 0.3) is 0 Å². The van der Waals surface area contributed by atoms with E-state index in [9.17, 15) is 0 Å². The molecule has 0 aromatic carbocycles. The van der Waals surface area contributed by atoms with Crippen LogP contribution in [-0.4, -0.2) is 60.6 Å². The minimum absolute atomic E-state index is 0.662. The van der Waals surface area contributed by atoms with Crippen LogP contribution in [0.2, 0.25) is 0 Å². The molecule has 18 heavy (non-hydrogen) atoms. The third kappa shape index (κ3) is 2.33. The van der Waals surface area contributed by atoms with Crippen LogP contribution in [-0.2, 0) is 0 Å². The summed E-state index contributed by atoms with van der Waals surface area (Å²) in [6.07, 6.45) is 2.88. The first-order valence-corrected chi connectivity index (χ1v) is 7.86. The average Bonchev–Trinajstić information content (AvgIpc) is 2.39. The van der Waals surface area contributed by atoms with Crippen LogP contribution in [0.3, 0.4) is 0 Å². The Morgan fingerprint density at radius 3 is 2.39 bits per heavy atom. The lowest BCUT2D eigenvalue weighted by Crippen LogP contribution is -2.66. The van der Waals surface area contributed by atoms with Gasteiger partial charge in [-0.15, -0.1) is 0 Å². The van der Waals surface area contributed by atoms with Gasteiger partial charge in [-0.1, -0.05) is 13.8 Å². The normalized spacial score (nSPS) is 45.7. The molecule has 3 atom stereocenters. The largest absolute Gasteiger partial charge is 0.311 e. The number of nitrogens with zero attached hydrogens (tertiary/aromatic N) is 2. The minimum Gasteiger partial charge on any atom is -0.311 e. The third-order valence-electron chi connectivity index (χ3n) is 5.40. The van der Waals surface area contributed by atoms with Gasteiger partial charge < -0.3 is 10.2 Å². The Balaban J connectivity index is 1.75. The summed E-state index contributed by atoms with van der Waals surface area (Å²) in [6.45, 7) is 13.6. The summed E-state index contributed by atoms with van der Waals surface area (Å²) in [5, 5.41) is 3.67. The Morgan fingerprint density at radius 2 is 1.83 bits per heavy atom. The molecule has 1 N–H and O–H groups in total. The van der Waals surface area contributed by atoms with Crippen molar-refractivity contribution >= 4 is 0 Å². The first-order valence-electron chi connectivity index (χ1n) is 7.86. The Morgan fingerprint density at radius 1 is 1.11 bits per heavy atom. The van der Waals surface area contributed by atoms with E-state index in [0.717, 1.165) is 23.9 Å². The lowest BCUT2D eigenvalue weighted by atomic mass is 9.81. The van der Waals surface area contributed by atoms with Crippen molar-refractivity contribution in [1.82, 2.24) is 15.1 Å². The van der Waals surface area contributed by atoms with Gasteiger partial charge in [0.15, 0.2) is 0 Å². The number of hydrogen-bond acceptors (Lipinski definition) is 3. The maximum Gasteiger partial charge on any atom is 0.0256 e. The van der Waals surface area contributed by atoms with Gasteiger partial charge in [0, 0.05) is 37.8 Å². The molecule has 104 valence electrons. The molecule has 3 nitrogen and oxygen atoms in total. The van der Waals surface area contributed by atoms with Crippen LogP contribution >= 0.6 is 0 Å². The van der Waals surface area contributed by atoms with Crippen molar-refractivity contribution in [3.63, 3.8) is 0 Å². The second-order valence-electron chi connectivity index (χ2n) is 7.02. The average molecular weight is 251 g/mol. The van der Waals surface area contributed by atoms with Crippen LogP contribution in [0.4, 0.5) is 0 Å². The molecule has 4 fully saturated rings. The van der Waals surface area contributed by atoms with Crippen molar-refractivity contribution in [2.45, 2.75) is 51.7 Å². The highest BCUT2D eigenvalue weighted by Crippen LogP contribution is 2.33. The summed E-state index contributed by atoms with van der Waals surface area (Å²) in [7, 11) is 0. The zero-order chi connectivity index (χ0) is 12.7. The van der Waals surface area contributed by atoms with E-state index in [-0.39, 0.29) is 0 Å². The molecule has 4 aliphatic rings. The summed E-state index contributed by atoms with van der Waals surface area (Å²) >= 11 is 0. The third-order valence-corrected chi connectivity index (χ3v) is 5.40. The Hall–Kier alpha value is -0.120. The summed E-state index contributed by atoms with van der Waals surface area (Å²) in [5.74, 6) is 1.74. The molecule has 4 aliphatic heterocycles. The Labute approximate surface area is 112 Å². The first-order chi connectivity index (χ1) is 8.65. The van der Waals surface area contributed by atoms with E-state index in [1.165, 1.54) is 45.6 Å². The van der Waals surface area contributed by atoms with E-state index in [2.05, 4.69) is 35.9 Å². The molecule has 0 saturated carbocycles. The van der Waals surface area contributed by atoms with Crippen LogP contribution in [0.15, 0.2) is 0 Å². The van der Waals surface area contributed by atoms with Crippen molar-refractivity contribution < 1.29 is 0 Å². The van der Waals surface area contributed by atoms with Gasteiger partial charge >= 0.3 is 0 Å². The molecule has 4 heterocycles. The maximum absolute atomic E-state index is 3.67. The molecule has 0 amide bonds. The van der Waals surface area contributed by atoms with Gasteiger partial charge in [0.2, 0.25) is 0 Å². The number of hydrogen-bond donors (Lipinski definition) is 1. The highest BCUT2D eigenvalue weighted by Gasteiger charge is 2.41. The van der Waals surface area contributed by atoms with E-state index in [1.54, 1.807) is 0 Å². The number of rotatable bonds is 2. The molecule has 0 aliphatic carbocycles. The molecule has 0 radical (unpaired) electrons. The molecule has 3 unspecified atom stereocenters. The van der Waals surface area contributed by atoms with Crippen LogP contribution in [0, 0.1) is 11.8 Å². The van der Waals surface area contributed by atoms with E-state index < -0.39 is 0 Å². The van der Waals surface area contributed by atoms with E-state index in [4.69, 9.17) is 0 Å². The highest BCUT2D eigenvalue weighted by molar-refractivity contribution is 4.98. The second-order valence-corrected chi connectivity index (χ2v) is 7.02. The smallest absolute Gasteiger partial charge is 0.0256 e. The molecule has 0 spiro atoms. The summed E-state index contributed by atoms with van der Waals surface area (Å²) in [5.41, 5.74) is 0. The first kappa shape index (κ1) is 12.9. The summed E-state index contributed by atoms with van der Waals surface area (Å²) in [4.78, 5) is 5.55. The predicted octanol–water partition coefficient (Wildman–Crippen LogP) is 1.40. The maximum atomic E-state index is 3.67. The molecule has 2 bridgehead atoms. The van der Waals surface area contributed by atoms with Gasteiger partial charge in [0.05, 0.1) is 0 Å². The fraction of sp³-hybridized carbons (Fsp3) is 1.00. The van der Waals surface area contributed by atoms with Crippen molar-refractivity contribution in [2.75, 3.05) is 32.7 Å². The Bertz CT molecular complexity index is 283. The van der Waals surface area contributed by atoms with E-state index in [0.29, 0.717) is 6.04 Å². The standard InChI is InChI=1S/C15H29N3/c1-11(2)14-8-16-12(3)9-18(14)15-10-17-6-4-13(15)5-7-17/h11-16H,4-10H2,1-3H3. The van der Waals surface area contributed by atoms with Gasteiger partial charge in [-0.3, -0.25) is 4.90 Å². The van der Waals surface area contributed by atoms with E-state index in [1.807, 2.05) is 0 Å². The lowest BCUT2D eigenvalue weighted by Gasteiger charge is -2.54. The summed E-state index contributed by atoms with van der Waals surface area (Å²) in [6, 6.07) is 2.24. The highest BCUT2D eigenvalue weighted by atomic mass is 15.3. The second kappa shape index (κ2) is 5.10. The van der Waals surface area contributed by atoms with Gasteiger partial charge in [-0.05, 0) is 44.7 Å². The van der Waals surface area contributed by atoms with Gasteiger partial charge in [-0.25, -0.2) is 0 Å². The van der Waals surface area contributed by atoms with Crippen molar-refractivity contribution in [3.8, 4) is 0 Å². The molecule has 0 aromatic heterocycles. The van der Waals surface area contributed by atoms with E-state index >= 15 is 0 Å². The van der Waals surface area contributed by atoms with Crippen LogP contribution in [0.1, 0.15) is 33.6 Å². The van der Waals surface area contributed by atoms with Gasteiger partial charge in [0.1, 0.15) is 0 Å². The van der Waals surface area contributed by atoms with Gasteiger partial charge in [-0.2, -0.15) is 0 Å². The molecular weight excluding hydrogens is 222 g/mol. The fourth-order valence-electron chi connectivity index (χ4n) is 4.26. The molecular formula is C15H29N3. The topological polar surface area (TPSA) is 18.5 Å². The molecule has 0 aromatic rings. The molecule has 3 heteroatoms. The fourth-order valence-corrected chi connectivity index (χ4v) is 4.26. The number of piperidine rings is 3. The number of nitrogens with one attached hydrogen (secondary N) is 1. The Kier molecular flexibility index (Phi) is 3.65. The molecule has 4 saturated heterocycles. The van der Waals surface area contributed by atoms with Crippen molar-refractivity contribution in [3.05, 3.63) is 0 Å². The zero-order valence-corrected chi connectivity index (χ0v) is 12.2. The number of piperazine rings is 1. The lowest BCUT2D eigenvalue weighted by molar-refractivity contribution is -0.0389. The molecule has 4 rings (SSSR count). The number of fused-ring (bicyclic) bond motifs is 3. The van der Waals surface area contributed by atoms with Crippen molar-refractivity contribution in [1.29, 1.82) is 0 Å². The SMILES string of the molecule is CC1CN(C2CN3CCC2CC3)C(C(C)C)CN1. The van der Waals surface area contributed by atoms with Crippen LogP contribution in [0.5, 0.6) is 0 Å². The minimum atomic E-state index is 0.662. The van der Waals surface area contributed by atoms with Crippen LogP contribution < -0.4 is 5.32 Å². The zero-order valence-electron chi connectivity index (χ0n) is 12.2. The van der Waals surface area contributed by atoms with Gasteiger partial charge in [0.25, 0.3) is 0 Å². The summed E-state index contributed by atoms with van der Waals surface area (Å²) < 4.78 is 0. The quantitative estimate of drug-likeness (QED) is 0.800. The monoisotopic (exact) mass is 251 g/mol.